The lowest BCUT2D eigenvalue weighted by atomic mass is 10.0. The molecule has 0 bridgehead atoms. The number of benzene rings is 2. The van der Waals surface area contributed by atoms with E-state index in [2.05, 4.69) is 10.5 Å². The topological polar surface area (TPSA) is 97.1 Å². The summed E-state index contributed by atoms with van der Waals surface area (Å²) in [6.07, 6.45) is 1.78. The SMILES string of the molecule is CCOC(=O)C(=NNc1ccccc1[N+](=O)[O-])N1CCCc2ccccc21. The van der Waals surface area contributed by atoms with E-state index in [1.807, 2.05) is 24.3 Å². The zero-order valence-electron chi connectivity index (χ0n) is 14.9. The van der Waals surface area contributed by atoms with Gasteiger partial charge in [0.25, 0.3) is 5.69 Å². The minimum atomic E-state index is -0.583. The molecule has 1 aliphatic heterocycles. The highest BCUT2D eigenvalue weighted by Crippen LogP contribution is 2.28. The first-order chi connectivity index (χ1) is 13.1. The maximum atomic E-state index is 12.5. The van der Waals surface area contributed by atoms with Crippen LogP contribution in [0.2, 0.25) is 0 Å². The molecule has 0 saturated heterocycles. The Morgan fingerprint density at radius 2 is 2.00 bits per heavy atom. The van der Waals surface area contributed by atoms with Gasteiger partial charge in [-0.3, -0.25) is 15.5 Å². The van der Waals surface area contributed by atoms with Crippen LogP contribution in [0.15, 0.2) is 53.6 Å². The monoisotopic (exact) mass is 368 g/mol. The Morgan fingerprint density at radius 3 is 2.78 bits per heavy atom. The fourth-order valence-electron chi connectivity index (χ4n) is 3.01. The van der Waals surface area contributed by atoms with Gasteiger partial charge >= 0.3 is 5.97 Å². The molecule has 0 saturated carbocycles. The molecule has 1 N–H and O–H groups in total. The average molecular weight is 368 g/mol. The number of carbonyl (C=O) groups is 1. The second-order valence-electron chi connectivity index (χ2n) is 5.93. The predicted octanol–water partition coefficient (Wildman–Crippen LogP) is 3.34. The van der Waals surface area contributed by atoms with Gasteiger partial charge in [-0.05, 0) is 37.5 Å². The number of hydrazone groups is 1. The Balaban J connectivity index is 1.97. The third-order valence-electron chi connectivity index (χ3n) is 4.21. The Morgan fingerprint density at radius 1 is 1.26 bits per heavy atom. The van der Waals surface area contributed by atoms with E-state index in [1.54, 1.807) is 24.0 Å². The molecule has 27 heavy (non-hydrogen) atoms. The Bertz CT molecular complexity index is 882. The van der Waals surface area contributed by atoms with E-state index in [4.69, 9.17) is 4.74 Å². The minimum absolute atomic E-state index is 0.0714. The van der Waals surface area contributed by atoms with Crippen molar-refractivity contribution in [2.45, 2.75) is 19.8 Å². The molecule has 140 valence electrons. The molecule has 0 spiro atoms. The quantitative estimate of drug-likeness (QED) is 0.292. The Hall–Kier alpha value is -3.42. The molecule has 2 aromatic carbocycles. The third-order valence-corrected chi connectivity index (χ3v) is 4.21. The Kier molecular flexibility index (Phi) is 5.65. The van der Waals surface area contributed by atoms with E-state index in [1.165, 1.54) is 12.1 Å². The number of amidine groups is 1. The zero-order valence-corrected chi connectivity index (χ0v) is 14.9. The molecule has 8 nitrogen and oxygen atoms in total. The van der Waals surface area contributed by atoms with Gasteiger partial charge in [0.15, 0.2) is 0 Å². The number of carbonyl (C=O) groups excluding carboxylic acids is 1. The number of nitrogens with zero attached hydrogens (tertiary/aromatic N) is 3. The molecule has 1 heterocycles. The van der Waals surface area contributed by atoms with E-state index >= 15 is 0 Å². The van der Waals surface area contributed by atoms with E-state index in [0.717, 1.165) is 24.1 Å². The van der Waals surface area contributed by atoms with Crippen LogP contribution in [-0.4, -0.2) is 29.9 Å². The number of fused-ring (bicyclic) bond motifs is 1. The molecular weight excluding hydrogens is 348 g/mol. The number of para-hydroxylation sites is 3. The van der Waals surface area contributed by atoms with Crippen LogP contribution in [0, 0.1) is 10.1 Å². The molecule has 0 aromatic heterocycles. The molecule has 3 rings (SSSR count). The number of nitrogens with one attached hydrogen (secondary N) is 1. The molecule has 8 heteroatoms. The molecular formula is C19H20N4O4. The van der Waals surface area contributed by atoms with Crippen molar-refractivity contribution in [2.75, 3.05) is 23.5 Å². The summed E-state index contributed by atoms with van der Waals surface area (Å²) < 4.78 is 5.15. The van der Waals surface area contributed by atoms with Crippen molar-refractivity contribution in [2.24, 2.45) is 5.10 Å². The summed E-state index contributed by atoms with van der Waals surface area (Å²) in [7, 11) is 0. The van der Waals surface area contributed by atoms with E-state index < -0.39 is 10.9 Å². The first-order valence-corrected chi connectivity index (χ1v) is 8.71. The van der Waals surface area contributed by atoms with E-state index in [0.29, 0.717) is 6.54 Å². The summed E-state index contributed by atoms with van der Waals surface area (Å²) in [6.45, 7) is 2.53. The standard InChI is InChI=1S/C19H20N4O4/c1-2-27-19(24)18(21-20-15-10-4-6-12-17(15)23(25)26)22-13-7-9-14-8-3-5-11-16(14)22/h3-6,8,10-12,20H,2,7,9,13H2,1H3. The van der Waals surface area contributed by atoms with E-state index in [-0.39, 0.29) is 23.8 Å². The third kappa shape index (κ3) is 4.05. The van der Waals surface area contributed by atoms with Crippen molar-refractivity contribution in [1.82, 2.24) is 0 Å². The van der Waals surface area contributed by atoms with Crippen LogP contribution in [0.4, 0.5) is 17.1 Å². The molecule has 0 amide bonds. The van der Waals surface area contributed by atoms with Gasteiger partial charge in [-0.15, -0.1) is 5.10 Å². The summed E-state index contributed by atoms with van der Waals surface area (Å²) in [5.41, 5.74) is 4.75. The largest absolute Gasteiger partial charge is 0.460 e. The van der Waals surface area contributed by atoms with Gasteiger partial charge in [-0.1, -0.05) is 30.3 Å². The van der Waals surface area contributed by atoms with Crippen LogP contribution >= 0.6 is 0 Å². The van der Waals surface area contributed by atoms with Crippen molar-refractivity contribution in [3.8, 4) is 0 Å². The maximum Gasteiger partial charge on any atom is 0.376 e. The van der Waals surface area contributed by atoms with Crippen LogP contribution in [0.25, 0.3) is 0 Å². The predicted molar refractivity (Wildman–Crippen MR) is 103 cm³/mol. The zero-order chi connectivity index (χ0) is 19.2. The smallest absolute Gasteiger partial charge is 0.376 e. The summed E-state index contributed by atoms with van der Waals surface area (Å²) in [5, 5.41) is 15.4. The van der Waals surface area contributed by atoms with Gasteiger partial charge in [0.1, 0.15) is 5.69 Å². The molecule has 0 radical (unpaired) electrons. The number of hydrogen-bond acceptors (Lipinski definition) is 6. The van der Waals surface area contributed by atoms with Crippen molar-refractivity contribution < 1.29 is 14.5 Å². The first-order valence-electron chi connectivity index (χ1n) is 8.71. The van der Waals surface area contributed by atoms with Gasteiger partial charge in [0.2, 0.25) is 5.84 Å². The maximum absolute atomic E-state index is 12.5. The number of anilines is 2. The second kappa shape index (κ2) is 8.31. The molecule has 0 fully saturated rings. The second-order valence-corrected chi connectivity index (χ2v) is 5.93. The fraction of sp³-hybridized carbons (Fsp3) is 0.263. The lowest BCUT2D eigenvalue weighted by molar-refractivity contribution is -0.384. The molecule has 0 aliphatic carbocycles. The van der Waals surface area contributed by atoms with Crippen LogP contribution < -0.4 is 10.3 Å². The average Bonchev–Trinajstić information content (AvgIpc) is 2.68. The molecule has 2 aromatic rings. The normalized spacial score (nSPS) is 13.7. The van der Waals surface area contributed by atoms with Gasteiger partial charge in [0, 0.05) is 18.3 Å². The van der Waals surface area contributed by atoms with Crippen LogP contribution in [0.1, 0.15) is 18.9 Å². The van der Waals surface area contributed by atoms with Crippen LogP contribution in [0.3, 0.4) is 0 Å². The van der Waals surface area contributed by atoms with Crippen LogP contribution in [-0.2, 0) is 16.0 Å². The molecule has 0 unspecified atom stereocenters. The number of nitro benzene ring substituents is 1. The number of hydrogen-bond donors (Lipinski definition) is 1. The number of ether oxygens (including phenoxy) is 1. The number of aryl methyl sites for hydroxylation is 1. The van der Waals surface area contributed by atoms with Crippen molar-refractivity contribution in [3.63, 3.8) is 0 Å². The fourth-order valence-corrected chi connectivity index (χ4v) is 3.01. The van der Waals surface area contributed by atoms with Gasteiger partial charge in [-0.2, -0.15) is 0 Å². The number of esters is 1. The lowest BCUT2D eigenvalue weighted by Crippen LogP contribution is -2.41. The highest BCUT2D eigenvalue weighted by molar-refractivity contribution is 6.41. The van der Waals surface area contributed by atoms with Crippen molar-refractivity contribution >= 4 is 28.9 Å². The van der Waals surface area contributed by atoms with Crippen molar-refractivity contribution in [3.05, 3.63) is 64.2 Å². The highest BCUT2D eigenvalue weighted by Gasteiger charge is 2.27. The summed E-state index contributed by atoms with van der Waals surface area (Å²) in [6, 6.07) is 13.9. The van der Waals surface area contributed by atoms with Crippen molar-refractivity contribution in [1.29, 1.82) is 0 Å². The first kappa shape index (κ1) is 18.4. The van der Waals surface area contributed by atoms with Gasteiger partial charge in [0.05, 0.1) is 11.5 Å². The highest BCUT2D eigenvalue weighted by atomic mass is 16.6. The Labute approximate surface area is 156 Å². The minimum Gasteiger partial charge on any atom is -0.460 e. The number of rotatable bonds is 4. The molecule has 1 aliphatic rings. The summed E-state index contributed by atoms with van der Waals surface area (Å²) >= 11 is 0. The lowest BCUT2D eigenvalue weighted by Gasteiger charge is -2.30. The van der Waals surface area contributed by atoms with Gasteiger partial charge < -0.3 is 9.64 Å². The van der Waals surface area contributed by atoms with E-state index in [9.17, 15) is 14.9 Å². The molecule has 0 atom stereocenters. The van der Waals surface area contributed by atoms with Gasteiger partial charge in [-0.25, -0.2) is 4.79 Å². The van der Waals surface area contributed by atoms with Crippen LogP contribution in [0.5, 0.6) is 0 Å². The number of nitro groups is 1. The summed E-state index contributed by atoms with van der Waals surface area (Å²) in [5.74, 6) is -0.512. The summed E-state index contributed by atoms with van der Waals surface area (Å²) in [4.78, 5) is 25.0.